The number of nitrogens with zero attached hydrogens (tertiary/aromatic N) is 1. The molecule has 1 atom stereocenters. The fourth-order valence-corrected chi connectivity index (χ4v) is 3.31. The van der Waals surface area contributed by atoms with Crippen molar-refractivity contribution in [2.45, 2.75) is 19.4 Å². The number of benzene rings is 2. The Morgan fingerprint density at radius 3 is 2.75 bits per heavy atom. The van der Waals surface area contributed by atoms with Gasteiger partial charge in [0.15, 0.2) is 0 Å². The maximum absolute atomic E-state index is 12.3. The van der Waals surface area contributed by atoms with Crippen LogP contribution in [-0.2, 0) is 6.42 Å². The van der Waals surface area contributed by atoms with Gasteiger partial charge in [-0.3, -0.25) is 9.78 Å². The maximum Gasteiger partial charge on any atom is 0.251 e. The van der Waals surface area contributed by atoms with Gasteiger partial charge >= 0.3 is 0 Å². The van der Waals surface area contributed by atoms with E-state index in [1.807, 2.05) is 43.5 Å². The highest BCUT2D eigenvalue weighted by molar-refractivity contribution is 5.94. The second-order valence-corrected chi connectivity index (χ2v) is 7.02. The minimum absolute atomic E-state index is 0.0624. The van der Waals surface area contributed by atoms with Crippen LogP contribution in [0.3, 0.4) is 0 Å². The number of carbonyl (C=O) groups excluding carboxylic acids is 1. The molecule has 1 aliphatic rings. The van der Waals surface area contributed by atoms with Crippen molar-refractivity contribution in [3.05, 3.63) is 89.6 Å². The molecular formula is C24H22N2O2. The summed E-state index contributed by atoms with van der Waals surface area (Å²) >= 11 is 0. The smallest absolute Gasteiger partial charge is 0.251 e. The van der Waals surface area contributed by atoms with E-state index in [4.69, 9.17) is 4.74 Å². The van der Waals surface area contributed by atoms with Gasteiger partial charge < -0.3 is 10.1 Å². The van der Waals surface area contributed by atoms with Crippen molar-refractivity contribution >= 4 is 12.0 Å². The monoisotopic (exact) mass is 370 g/mol. The Kier molecular flexibility index (Phi) is 4.94. The van der Waals surface area contributed by atoms with E-state index >= 15 is 0 Å². The van der Waals surface area contributed by atoms with Crippen LogP contribution in [-0.4, -0.2) is 23.5 Å². The maximum atomic E-state index is 12.3. The molecule has 0 spiro atoms. The Balaban J connectivity index is 1.38. The number of hydrogen-bond acceptors (Lipinski definition) is 3. The summed E-state index contributed by atoms with van der Waals surface area (Å²) in [5.74, 6) is 0.783. The van der Waals surface area contributed by atoms with Crippen LogP contribution in [0.4, 0.5) is 0 Å². The molecule has 1 amide bonds. The molecule has 140 valence electrons. The molecule has 1 aromatic heterocycles. The number of rotatable bonds is 5. The van der Waals surface area contributed by atoms with Gasteiger partial charge in [-0.1, -0.05) is 30.9 Å². The lowest BCUT2D eigenvalue weighted by atomic mass is 10.0. The quantitative estimate of drug-likeness (QED) is 0.723. The fraction of sp³-hybridized carbons (Fsp3) is 0.167. The first-order valence-electron chi connectivity index (χ1n) is 9.36. The SMILES string of the molecule is C=Cc1ccc(C(=O)NC[C@H]2Cc3cc(-c4ccc(C)cn4)ccc3O2)cc1. The van der Waals surface area contributed by atoms with E-state index in [0.29, 0.717) is 12.1 Å². The molecule has 4 rings (SSSR count). The number of aryl methyl sites for hydroxylation is 1. The molecule has 0 aliphatic carbocycles. The van der Waals surface area contributed by atoms with E-state index in [0.717, 1.165) is 40.1 Å². The van der Waals surface area contributed by atoms with Crippen LogP contribution in [0.25, 0.3) is 17.3 Å². The first-order valence-corrected chi connectivity index (χ1v) is 9.36. The lowest BCUT2D eigenvalue weighted by Crippen LogP contribution is -2.34. The number of amides is 1. The molecule has 3 aromatic rings. The Morgan fingerprint density at radius 1 is 1.21 bits per heavy atom. The van der Waals surface area contributed by atoms with Crippen molar-refractivity contribution in [2.75, 3.05) is 6.54 Å². The standard InChI is InChI=1S/C24H22N2O2/c1-3-17-5-7-18(8-6-17)24(27)26-15-21-13-20-12-19(9-11-23(20)28-21)22-10-4-16(2)14-25-22/h3-12,14,21H,1,13,15H2,2H3,(H,26,27)/t21-/m1/s1. The van der Waals surface area contributed by atoms with Crippen molar-refractivity contribution in [1.29, 1.82) is 0 Å². The van der Waals surface area contributed by atoms with Crippen LogP contribution in [0.5, 0.6) is 5.75 Å². The summed E-state index contributed by atoms with van der Waals surface area (Å²) in [5, 5.41) is 2.96. The first kappa shape index (κ1) is 18.0. The zero-order valence-electron chi connectivity index (χ0n) is 15.8. The number of aromatic nitrogens is 1. The summed E-state index contributed by atoms with van der Waals surface area (Å²) in [6.07, 6.45) is 4.34. The fourth-order valence-electron chi connectivity index (χ4n) is 3.31. The summed E-state index contributed by atoms with van der Waals surface area (Å²) in [5.41, 5.74) is 5.94. The van der Waals surface area contributed by atoms with Gasteiger partial charge in [0.25, 0.3) is 5.91 Å². The lowest BCUT2D eigenvalue weighted by molar-refractivity contribution is 0.0933. The molecule has 0 radical (unpaired) electrons. The zero-order chi connectivity index (χ0) is 19.5. The minimum Gasteiger partial charge on any atom is -0.488 e. The molecule has 28 heavy (non-hydrogen) atoms. The molecule has 0 fully saturated rings. The molecule has 0 unspecified atom stereocenters. The average Bonchev–Trinajstić information content (AvgIpc) is 3.15. The molecule has 1 N–H and O–H groups in total. The van der Waals surface area contributed by atoms with Crippen LogP contribution in [0.15, 0.2) is 67.4 Å². The van der Waals surface area contributed by atoms with E-state index in [9.17, 15) is 4.79 Å². The van der Waals surface area contributed by atoms with Crippen LogP contribution in [0.1, 0.15) is 27.0 Å². The summed E-state index contributed by atoms with van der Waals surface area (Å²) in [7, 11) is 0. The molecule has 2 aromatic carbocycles. The second kappa shape index (κ2) is 7.69. The van der Waals surface area contributed by atoms with E-state index in [1.54, 1.807) is 18.2 Å². The largest absolute Gasteiger partial charge is 0.488 e. The van der Waals surface area contributed by atoms with Crippen molar-refractivity contribution in [1.82, 2.24) is 10.3 Å². The van der Waals surface area contributed by atoms with Gasteiger partial charge in [0.1, 0.15) is 11.9 Å². The average molecular weight is 370 g/mol. The summed E-state index contributed by atoms with van der Waals surface area (Å²) in [6.45, 7) is 6.22. The van der Waals surface area contributed by atoms with Gasteiger partial charge in [0.05, 0.1) is 12.2 Å². The van der Waals surface area contributed by atoms with Gasteiger partial charge in [-0.25, -0.2) is 0 Å². The van der Waals surface area contributed by atoms with Gasteiger partial charge in [-0.2, -0.15) is 0 Å². The van der Waals surface area contributed by atoms with Gasteiger partial charge in [0.2, 0.25) is 0 Å². The number of nitrogens with one attached hydrogen (secondary N) is 1. The first-order chi connectivity index (χ1) is 13.6. The third-order valence-electron chi connectivity index (χ3n) is 4.91. The highest BCUT2D eigenvalue weighted by Gasteiger charge is 2.24. The van der Waals surface area contributed by atoms with E-state index < -0.39 is 0 Å². The molecule has 2 heterocycles. The van der Waals surface area contributed by atoms with Crippen molar-refractivity contribution < 1.29 is 9.53 Å². The number of fused-ring (bicyclic) bond motifs is 1. The van der Waals surface area contributed by atoms with Crippen LogP contribution in [0.2, 0.25) is 0 Å². The normalized spacial score (nSPS) is 14.8. The van der Waals surface area contributed by atoms with Crippen LogP contribution in [0, 0.1) is 6.92 Å². The van der Waals surface area contributed by atoms with Crippen LogP contribution < -0.4 is 10.1 Å². The van der Waals surface area contributed by atoms with Crippen molar-refractivity contribution in [2.24, 2.45) is 0 Å². The molecule has 1 aliphatic heterocycles. The number of hydrogen-bond donors (Lipinski definition) is 1. The summed E-state index contributed by atoms with van der Waals surface area (Å²) in [6, 6.07) is 17.6. The lowest BCUT2D eigenvalue weighted by Gasteiger charge is -2.12. The molecule has 0 saturated heterocycles. The van der Waals surface area contributed by atoms with Gasteiger partial charge in [-0.05, 0) is 60.0 Å². The number of carbonyl (C=O) groups is 1. The Labute approximate surface area is 164 Å². The second-order valence-electron chi connectivity index (χ2n) is 7.02. The van der Waals surface area contributed by atoms with E-state index in [2.05, 4.69) is 29.0 Å². The van der Waals surface area contributed by atoms with Crippen molar-refractivity contribution in [3.63, 3.8) is 0 Å². The highest BCUT2D eigenvalue weighted by atomic mass is 16.5. The van der Waals surface area contributed by atoms with Crippen molar-refractivity contribution in [3.8, 4) is 17.0 Å². The Morgan fingerprint density at radius 2 is 2.04 bits per heavy atom. The topological polar surface area (TPSA) is 51.2 Å². The Hall–Kier alpha value is -3.40. The van der Waals surface area contributed by atoms with E-state index in [-0.39, 0.29) is 12.0 Å². The highest BCUT2D eigenvalue weighted by Crippen LogP contribution is 2.32. The molecule has 0 saturated carbocycles. The molecular weight excluding hydrogens is 348 g/mol. The predicted octanol–water partition coefficient (Wildman–Crippen LogP) is 4.43. The summed E-state index contributed by atoms with van der Waals surface area (Å²) in [4.78, 5) is 16.8. The Bertz CT molecular complexity index is 1010. The number of ether oxygens (including phenoxy) is 1. The molecule has 4 nitrogen and oxygen atoms in total. The third-order valence-corrected chi connectivity index (χ3v) is 4.91. The summed E-state index contributed by atoms with van der Waals surface area (Å²) < 4.78 is 5.99. The predicted molar refractivity (Wildman–Crippen MR) is 111 cm³/mol. The molecule has 0 bridgehead atoms. The van der Waals surface area contributed by atoms with E-state index in [1.165, 1.54) is 0 Å². The number of pyridine rings is 1. The van der Waals surface area contributed by atoms with Gasteiger partial charge in [-0.15, -0.1) is 0 Å². The van der Waals surface area contributed by atoms with Crippen LogP contribution >= 0.6 is 0 Å². The van der Waals surface area contributed by atoms with Gasteiger partial charge in [0, 0.05) is 23.7 Å². The molecule has 4 heteroatoms. The minimum atomic E-state index is -0.0975. The zero-order valence-corrected chi connectivity index (χ0v) is 15.8. The third kappa shape index (κ3) is 3.81.